The first-order valence-corrected chi connectivity index (χ1v) is 5.51. The molecule has 82 valence electrons. The predicted molar refractivity (Wildman–Crippen MR) is 51.2 cm³/mol. The largest absolute Gasteiger partial charge is 0.480 e. The number of thioether (sulfide) groups is 1. The van der Waals surface area contributed by atoms with E-state index in [1.165, 1.54) is 16.7 Å². The number of β-lactam (4-membered cyclic amide) rings is 1. The number of ether oxygens (including phenoxy) is 1. The molecule has 0 aromatic heterocycles. The maximum absolute atomic E-state index is 11.5. The van der Waals surface area contributed by atoms with E-state index in [2.05, 4.69) is 0 Å². The summed E-state index contributed by atoms with van der Waals surface area (Å²) in [6, 6.07) is -1.31. The Hall–Kier alpha value is -0.790. The number of aliphatic carboxylic acids is 1. The van der Waals surface area contributed by atoms with Gasteiger partial charge in [0.05, 0.1) is 18.0 Å². The third kappa shape index (κ3) is 0.932. The van der Waals surface area contributed by atoms with Crippen LogP contribution in [0.25, 0.3) is 0 Å². The smallest absolute Gasteiger partial charge is 0.328 e. The lowest BCUT2D eigenvalue weighted by atomic mass is 9.92. The van der Waals surface area contributed by atoms with Crippen molar-refractivity contribution in [1.29, 1.82) is 0 Å². The van der Waals surface area contributed by atoms with Gasteiger partial charge in [-0.05, 0) is 0 Å². The van der Waals surface area contributed by atoms with Crippen molar-refractivity contribution in [2.45, 2.75) is 22.2 Å². The van der Waals surface area contributed by atoms with Gasteiger partial charge in [-0.15, -0.1) is 11.8 Å². The summed E-state index contributed by atoms with van der Waals surface area (Å²) in [5.41, 5.74) is 5.62. The number of nitrogens with two attached hydrogens (primary N) is 1. The highest BCUT2D eigenvalue weighted by Gasteiger charge is 2.68. The molecule has 3 aliphatic rings. The molecule has 3 atom stereocenters. The summed E-state index contributed by atoms with van der Waals surface area (Å²) in [7, 11) is 0. The van der Waals surface area contributed by atoms with Gasteiger partial charge in [-0.3, -0.25) is 4.79 Å². The molecule has 1 spiro atoms. The Labute approximate surface area is 89.7 Å². The van der Waals surface area contributed by atoms with Crippen molar-refractivity contribution in [3.8, 4) is 0 Å². The third-order valence-electron chi connectivity index (χ3n) is 3.18. The summed E-state index contributed by atoms with van der Waals surface area (Å²) in [6.07, 6.45) is 0. The molecule has 0 saturated carbocycles. The molecule has 3 heterocycles. The molecule has 0 bridgehead atoms. The highest BCUT2D eigenvalue weighted by molar-refractivity contribution is 8.01. The Morgan fingerprint density at radius 1 is 1.67 bits per heavy atom. The third-order valence-corrected chi connectivity index (χ3v) is 4.87. The van der Waals surface area contributed by atoms with Crippen LogP contribution in [0.4, 0.5) is 0 Å². The van der Waals surface area contributed by atoms with E-state index in [9.17, 15) is 9.59 Å². The lowest BCUT2D eigenvalue weighted by Gasteiger charge is -2.43. The second-order valence-corrected chi connectivity index (χ2v) is 5.61. The molecule has 1 amide bonds. The average molecular weight is 230 g/mol. The van der Waals surface area contributed by atoms with Crippen LogP contribution in [0.3, 0.4) is 0 Å². The maximum atomic E-state index is 11.5. The van der Waals surface area contributed by atoms with E-state index in [0.29, 0.717) is 13.2 Å². The Morgan fingerprint density at radius 2 is 2.33 bits per heavy atom. The van der Waals surface area contributed by atoms with Crippen molar-refractivity contribution in [3.05, 3.63) is 0 Å². The summed E-state index contributed by atoms with van der Waals surface area (Å²) < 4.78 is 4.61. The number of carboxylic acids is 1. The first kappa shape index (κ1) is 9.44. The molecule has 0 radical (unpaired) electrons. The lowest BCUT2D eigenvalue weighted by molar-refractivity contribution is -0.164. The molecule has 7 heteroatoms. The summed E-state index contributed by atoms with van der Waals surface area (Å²) in [6.45, 7) is 0.781. The Morgan fingerprint density at radius 3 is 2.80 bits per heavy atom. The molecular formula is C8H10N2O4S. The zero-order valence-electron chi connectivity index (χ0n) is 7.75. The first-order valence-electron chi connectivity index (χ1n) is 4.63. The van der Waals surface area contributed by atoms with E-state index in [-0.39, 0.29) is 11.3 Å². The fraction of sp³-hybridized carbons (Fsp3) is 0.750. The normalized spacial score (nSPS) is 41.0. The second-order valence-electron chi connectivity index (χ2n) is 4.08. The van der Waals surface area contributed by atoms with E-state index in [4.69, 9.17) is 15.6 Å². The van der Waals surface area contributed by atoms with Crippen molar-refractivity contribution in [3.63, 3.8) is 0 Å². The molecule has 3 fully saturated rings. The number of fused-ring (bicyclic) bond motifs is 1. The van der Waals surface area contributed by atoms with Crippen LogP contribution in [0.5, 0.6) is 0 Å². The van der Waals surface area contributed by atoms with Gasteiger partial charge in [0.25, 0.3) is 0 Å². The van der Waals surface area contributed by atoms with Gasteiger partial charge in [-0.25, -0.2) is 4.79 Å². The quantitative estimate of drug-likeness (QED) is 0.530. The lowest BCUT2D eigenvalue weighted by Crippen LogP contribution is -2.70. The van der Waals surface area contributed by atoms with Gasteiger partial charge >= 0.3 is 5.97 Å². The van der Waals surface area contributed by atoms with Crippen LogP contribution in [-0.4, -0.2) is 57.3 Å². The molecule has 3 rings (SSSR count). The van der Waals surface area contributed by atoms with E-state index in [0.717, 1.165) is 0 Å². The van der Waals surface area contributed by atoms with Crippen LogP contribution >= 0.6 is 11.8 Å². The summed E-state index contributed by atoms with van der Waals surface area (Å²) >= 11 is 1.47. The summed E-state index contributed by atoms with van der Waals surface area (Å²) in [5.74, 6) is -1.22. The van der Waals surface area contributed by atoms with Gasteiger partial charge in [0, 0.05) is 0 Å². The molecular weight excluding hydrogens is 220 g/mol. The Bertz CT molecular complexity index is 357. The monoisotopic (exact) mass is 230 g/mol. The van der Waals surface area contributed by atoms with Crippen LogP contribution < -0.4 is 5.73 Å². The second kappa shape index (κ2) is 2.66. The average Bonchev–Trinajstić information content (AvgIpc) is 2.48. The van der Waals surface area contributed by atoms with Gasteiger partial charge in [0.2, 0.25) is 5.91 Å². The summed E-state index contributed by atoms with van der Waals surface area (Å²) in [5, 5.41) is 8.96. The number of carbonyl (C=O) groups excluding carboxylic acids is 1. The zero-order chi connectivity index (χ0) is 10.8. The standard InChI is InChI=1S/C8H10N2O4S/c9-3-5(11)10-4(7(12)13)8(1-14-2-8)15-6(3)10/h3-4,6H,1-2,9H2,(H,12,13). The van der Waals surface area contributed by atoms with Crippen molar-refractivity contribution in [2.75, 3.05) is 13.2 Å². The predicted octanol–water partition coefficient (Wildman–Crippen LogP) is -1.55. The number of carboxylic acid groups (broad SMARTS) is 1. The van der Waals surface area contributed by atoms with Gasteiger partial charge in [-0.1, -0.05) is 0 Å². The molecule has 3 unspecified atom stereocenters. The minimum absolute atomic E-state index is 0.178. The molecule has 0 aromatic rings. The van der Waals surface area contributed by atoms with Crippen LogP contribution in [0.15, 0.2) is 0 Å². The number of rotatable bonds is 1. The van der Waals surface area contributed by atoms with Gasteiger partial charge < -0.3 is 20.5 Å². The highest BCUT2D eigenvalue weighted by Crippen LogP contribution is 2.53. The van der Waals surface area contributed by atoms with Crippen LogP contribution in [0, 0.1) is 0 Å². The van der Waals surface area contributed by atoms with E-state index in [1.807, 2.05) is 0 Å². The molecule has 3 saturated heterocycles. The zero-order valence-corrected chi connectivity index (χ0v) is 8.57. The van der Waals surface area contributed by atoms with Crippen LogP contribution in [-0.2, 0) is 14.3 Å². The minimum Gasteiger partial charge on any atom is -0.480 e. The molecule has 3 aliphatic heterocycles. The van der Waals surface area contributed by atoms with E-state index >= 15 is 0 Å². The van der Waals surface area contributed by atoms with E-state index in [1.54, 1.807) is 0 Å². The SMILES string of the molecule is NC1C(=O)N2C1SC1(COC1)C2C(=O)O. The topological polar surface area (TPSA) is 92.9 Å². The van der Waals surface area contributed by atoms with Crippen molar-refractivity contribution in [1.82, 2.24) is 4.90 Å². The fourth-order valence-electron chi connectivity index (χ4n) is 2.35. The highest BCUT2D eigenvalue weighted by atomic mass is 32.2. The Kier molecular flexibility index (Phi) is 1.67. The van der Waals surface area contributed by atoms with Crippen LogP contribution in [0.2, 0.25) is 0 Å². The van der Waals surface area contributed by atoms with Crippen molar-refractivity contribution < 1.29 is 19.4 Å². The number of nitrogens with zero attached hydrogens (tertiary/aromatic N) is 1. The molecule has 0 aliphatic carbocycles. The molecule has 15 heavy (non-hydrogen) atoms. The van der Waals surface area contributed by atoms with Crippen LogP contribution in [0.1, 0.15) is 0 Å². The molecule has 0 aromatic carbocycles. The van der Waals surface area contributed by atoms with E-state index < -0.39 is 22.8 Å². The number of hydrogen-bond acceptors (Lipinski definition) is 5. The first-order chi connectivity index (χ1) is 7.07. The number of amides is 1. The molecule has 6 nitrogen and oxygen atoms in total. The summed E-state index contributed by atoms with van der Waals surface area (Å²) in [4.78, 5) is 24.0. The molecule has 3 N–H and O–H groups in total. The Balaban J connectivity index is 1.95. The van der Waals surface area contributed by atoms with Gasteiger partial charge in [-0.2, -0.15) is 0 Å². The number of hydrogen-bond donors (Lipinski definition) is 2. The number of carbonyl (C=O) groups is 2. The maximum Gasteiger partial charge on any atom is 0.328 e. The van der Waals surface area contributed by atoms with Crippen molar-refractivity contribution >= 4 is 23.6 Å². The van der Waals surface area contributed by atoms with Gasteiger partial charge in [0.15, 0.2) is 0 Å². The van der Waals surface area contributed by atoms with Gasteiger partial charge in [0.1, 0.15) is 17.5 Å². The minimum atomic E-state index is -0.964. The van der Waals surface area contributed by atoms with Crippen molar-refractivity contribution in [2.24, 2.45) is 5.73 Å². The fourth-order valence-corrected chi connectivity index (χ4v) is 4.08.